The first-order valence-corrected chi connectivity index (χ1v) is 14.4. The van der Waals surface area contributed by atoms with Crippen LogP contribution in [-0.2, 0) is 17.5 Å². The second-order valence-corrected chi connectivity index (χ2v) is 12.0. The van der Waals surface area contributed by atoms with Crippen molar-refractivity contribution in [3.63, 3.8) is 0 Å². The summed E-state index contributed by atoms with van der Waals surface area (Å²) in [4.78, 5) is 15.3. The Bertz CT molecular complexity index is 1840. The number of benzene rings is 4. The third kappa shape index (κ3) is 5.84. The van der Waals surface area contributed by atoms with Gasteiger partial charge in [-0.15, -0.1) is 0 Å². The third-order valence-electron chi connectivity index (χ3n) is 7.89. The van der Waals surface area contributed by atoms with E-state index in [1.807, 2.05) is 44.2 Å². The van der Waals surface area contributed by atoms with Crippen molar-refractivity contribution in [2.75, 3.05) is 16.8 Å². The SMILES string of the molecule is CC1(C)COC2=C(C1)Nc1c(O)cccc1N(C(=O)c1cccc(F)c1C(F)(F)F)C2c1ccc(OCc2ccccc2)cc1F. The summed E-state index contributed by atoms with van der Waals surface area (Å²) in [6, 6.07) is 18.4. The summed E-state index contributed by atoms with van der Waals surface area (Å²) in [5, 5.41) is 14.0. The van der Waals surface area contributed by atoms with Gasteiger partial charge in [-0.2, -0.15) is 13.2 Å². The van der Waals surface area contributed by atoms with Gasteiger partial charge in [0.2, 0.25) is 0 Å². The number of nitrogens with zero attached hydrogens (tertiary/aromatic N) is 1. The van der Waals surface area contributed by atoms with Gasteiger partial charge in [-0.25, -0.2) is 8.78 Å². The largest absolute Gasteiger partial charge is 0.506 e. The molecule has 0 fully saturated rings. The maximum absolute atomic E-state index is 16.2. The van der Waals surface area contributed by atoms with E-state index in [0.717, 1.165) is 28.7 Å². The minimum Gasteiger partial charge on any atom is -0.506 e. The van der Waals surface area contributed by atoms with Crippen LogP contribution in [0, 0.1) is 17.0 Å². The number of halogens is 5. The molecule has 2 N–H and O–H groups in total. The average molecular weight is 637 g/mol. The molecule has 6 rings (SSSR count). The maximum atomic E-state index is 16.2. The predicted molar refractivity (Wildman–Crippen MR) is 161 cm³/mol. The lowest BCUT2D eigenvalue weighted by molar-refractivity contribution is -0.140. The Balaban J connectivity index is 1.54. The minimum atomic E-state index is -5.23. The van der Waals surface area contributed by atoms with Crippen LogP contribution >= 0.6 is 0 Å². The van der Waals surface area contributed by atoms with E-state index in [-0.39, 0.29) is 47.4 Å². The number of aromatic hydroxyl groups is 1. The van der Waals surface area contributed by atoms with E-state index in [4.69, 9.17) is 9.47 Å². The highest BCUT2D eigenvalue weighted by atomic mass is 19.4. The first-order chi connectivity index (χ1) is 21.8. The summed E-state index contributed by atoms with van der Waals surface area (Å²) < 4.78 is 85.5. The van der Waals surface area contributed by atoms with E-state index >= 15 is 4.39 Å². The van der Waals surface area contributed by atoms with Crippen LogP contribution in [0.2, 0.25) is 0 Å². The number of allylic oxidation sites excluding steroid dienone is 1. The van der Waals surface area contributed by atoms with Crippen LogP contribution in [0.4, 0.5) is 33.3 Å². The zero-order valence-corrected chi connectivity index (χ0v) is 24.8. The molecule has 0 saturated heterocycles. The first-order valence-electron chi connectivity index (χ1n) is 14.4. The molecule has 0 bridgehead atoms. The highest BCUT2D eigenvalue weighted by molar-refractivity contribution is 6.10. The number of rotatable bonds is 5. The van der Waals surface area contributed by atoms with Crippen molar-refractivity contribution < 1.29 is 41.3 Å². The van der Waals surface area contributed by atoms with Gasteiger partial charge in [-0.05, 0) is 48.4 Å². The molecule has 4 aromatic rings. The second kappa shape index (κ2) is 11.7. The highest BCUT2D eigenvalue weighted by Crippen LogP contribution is 2.50. The molecule has 0 spiro atoms. The van der Waals surface area contributed by atoms with Crippen LogP contribution < -0.4 is 15.0 Å². The van der Waals surface area contributed by atoms with Gasteiger partial charge >= 0.3 is 6.18 Å². The van der Waals surface area contributed by atoms with Crippen molar-refractivity contribution in [2.45, 2.75) is 39.1 Å². The van der Waals surface area contributed by atoms with E-state index in [1.165, 1.54) is 30.3 Å². The molecule has 0 radical (unpaired) electrons. The number of phenols is 1. The van der Waals surface area contributed by atoms with E-state index in [2.05, 4.69) is 5.32 Å². The summed E-state index contributed by atoms with van der Waals surface area (Å²) >= 11 is 0. The molecule has 46 heavy (non-hydrogen) atoms. The van der Waals surface area contributed by atoms with Crippen molar-refractivity contribution in [2.24, 2.45) is 5.41 Å². The van der Waals surface area contributed by atoms with Crippen LogP contribution in [0.1, 0.15) is 53.4 Å². The predicted octanol–water partition coefficient (Wildman–Crippen LogP) is 8.74. The molecule has 1 atom stereocenters. The van der Waals surface area contributed by atoms with E-state index in [0.29, 0.717) is 18.2 Å². The van der Waals surface area contributed by atoms with Crippen LogP contribution in [-0.4, -0.2) is 17.6 Å². The molecule has 11 heteroatoms. The summed E-state index contributed by atoms with van der Waals surface area (Å²) in [7, 11) is 0. The molecule has 2 aliphatic rings. The molecule has 238 valence electrons. The Kier molecular flexibility index (Phi) is 7.87. The normalized spacial score (nSPS) is 17.3. The zero-order valence-electron chi connectivity index (χ0n) is 24.8. The topological polar surface area (TPSA) is 71.0 Å². The number of fused-ring (bicyclic) bond motifs is 1. The first kappa shape index (κ1) is 30.9. The molecule has 0 aromatic heterocycles. The Labute approximate surface area is 261 Å². The summed E-state index contributed by atoms with van der Waals surface area (Å²) in [6.45, 7) is 4.14. The number of alkyl halides is 3. The van der Waals surface area contributed by atoms with Gasteiger partial charge in [0.05, 0.1) is 23.6 Å². The molecule has 1 unspecified atom stereocenters. The van der Waals surface area contributed by atoms with E-state index < -0.39 is 46.3 Å². The Morgan fingerprint density at radius 1 is 1.00 bits per heavy atom. The average Bonchev–Trinajstić information content (AvgIpc) is 3.14. The molecule has 4 aromatic carbocycles. The number of nitrogens with one attached hydrogen (secondary N) is 1. The molecular weight excluding hydrogens is 607 g/mol. The van der Waals surface area contributed by atoms with Gasteiger partial charge in [0.1, 0.15) is 52.8 Å². The Morgan fingerprint density at radius 3 is 2.46 bits per heavy atom. The number of carbonyl (C=O) groups excluding carboxylic acids is 1. The highest BCUT2D eigenvalue weighted by Gasteiger charge is 2.46. The maximum Gasteiger partial charge on any atom is 0.420 e. The van der Waals surface area contributed by atoms with Gasteiger partial charge in [-0.3, -0.25) is 9.69 Å². The number of para-hydroxylation sites is 1. The van der Waals surface area contributed by atoms with Crippen molar-refractivity contribution in [3.8, 4) is 11.5 Å². The number of anilines is 2. The summed E-state index contributed by atoms with van der Waals surface area (Å²) in [5.74, 6) is -3.81. The molecule has 6 nitrogen and oxygen atoms in total. The number of ether oxygens (including phenoxy) is 2. The standard InChI is InChI=1S/C35H29F5N2O4/c1-34(2)17-26-32(46-19-34)31(22-15-14-21(16-25(22)37)45-18-20-8-4-3-5-9-20)42(27-12-7-13-28(43)30(27)41-26)33(44)23-10-6-11-24(36)29(23)35(38,39)40/h3-16,31,41,43H,17-19H2,1-2H3. The van der Waals surface area contributed by atoms with Crippen molar-refractivity contribution in [1.82, 2.24) is 0 Å². The van der Waals surface area contributed by atoms with Crippen LogP contribution in [0.3, 0.4) is 0 Å². The second-order valence-electron chi connectivity index (χ2n) is 12.0. The lowest BCUT2D eigenvalue weighted by Crippen LogP contribution is -2.39. The number of amides is 1. The quantitative estimate of drug-likeness (QED) is 0.169. The minimum absolute atomic E-state index is 0.000310. The van der Waals surface area contributed by atoms with E-state index in [1.54, 1.807) is 0 Å². The van der Waals surface area contributed by atoms with E-state index in [9.17, 15) is 27.5 Å². The molecule has 2 heterocycles. The summed E-state index contributed by atoms with van der Waals surface area (Å²) in [5.41, 5.74) is -2.11. The van der Waals surface area contributed by atoms with Gasteiger partial charge in [0, 0.05) is 17.0 Å². The molecule has 2 aliphatic heterocycles. The molecular formula is C35H29F5N2O4. The van der Waals surface area contributed by atoms with Gasteiger partial charge in [0.25, 0.3) is 5.91 Å². The number of hydrogen-bond donors (Lipinski definition) is 2. The fourth-order valence-corrected chi connectivity index (χ4v) is 5.78. The molecule has 0 aliphatic carbocycles. The Hall–Kier alpha value is -5.06. The number of hydrogen-bond acceptors (Lipinski definition) is 5. The van der Waals surface area contributed by atoms with Gasteiger partial charge < -0.3 is 19.9 Å². The van der Waals surface area contributed by atoms with Gasteiger partial charge in [0.15, 0.2) is 0 Å². The molecule has 1 amide bonds. The van der Waals surface area contributed by atoms with Crippen LogP contribution in [0.15, 0.2) is 96.4 Å². The van der Waals surface area contributed by atoms with Crippen molar-refractivity contribution in [3.05, 3.63) is 130 Å². The smallest absolute Gasteiger partial charge is 0.420 e. The number of phenolic OH excluding ortho intramolecular Hbond substituents is 1. The zero-order chi connectivity index (χ0) is 32.8. The lowest BCUT2D eigenvalue weighted by Gasteiger charge is -2.38. The van der Waals surface area contributed by atoms with Crippen molar-refractivity contribution >= 4 is 17.3 Å². The fourth-order valence-electron chi connectivity index (χ4n) is 5.78. The fraction of sp³-hybridized carbons (Fsp3) is 0.229. The molecule has 0 saturated carbocycles. The lowest BCUT2D eigenvalue weighted by atomic mass is 9.85. The van der Waals surface area contributed by atoms with Crippen molar-refractivity contribution in [1.29, 1.82) is 0 Å². The Morgan fingerprint density at radius 2 is 1.74 bits per heavy atom. The van der Waals surface area contributed by atoms with Crippen LogP contribution in [0.25, 0.3) is 0 Å². The summed E-state index contributed by atoms with van der Waals surface area (Å²) in [6.07, 6.45) is -4.89. The monoisotopic (exact) mass is 636 g/mol. The third-order valence-corrected chi connectivity index (χ3v) is 7.89. The number of carbonyl (C=O) groups is 1. The van der Waals surface area contributed by atoms with Crippen LogP contribution in [0.5, 0.6) is 11.5 Å². The van der Waals surface area contributed by atoms with Gasteiger partial charge in [-0.1, -0.05) is 56.3 Å².